The van der Waals surface area contributed by atoms with Gasteiger partial charge in [0.1, 0.15) is 0 Å². The van der Waals surface area contributed by atoms with Crippen molar-refractivity contribution in [1.82, 2.24) is 15.1 Å². The van der Waals surface area contributed by atoms with Gasteiger partial charge in [0.25, 0.3) is 5.69 Å². The molecule has 0 aliphatic carbocycles. The maximum Gasteiger partial charge on any atom is 0.269 e. The molecule has 146 valence electrons. The highest BCUT2D eigenvalue weighted by Gasteiger charge is 2.15. The summed E-state index contributed by atoms with van der Waals surface area (Å²) >= 11 is 0. The third-order valence-corrected chi connectivity index (χ3v) is 4.26. The SMILES string of the molecule is Cc1nn(CC(C)C)c(C)c1CC(=O)NCCNc1ccc([N+](=O)[O-])cc1. The van der Waals surface area contributed by atoms with Gasteiger partial charge in [0.05, 0.1) is 17.0 Å². The fourth-order valence-electron chi connectivity index (χ4n) is 2.85. The quantitative estimate of drug-likeness (QED) is 0.400. The van der Waals surface area contributed by atoms with Crippen molar-refractivity contribution < 1.29 is 9.72 Å². The van der Waals surface area contributed by atoms with Crippen LogP contribution in [0.1, 0.15) is 30.8 Å². The van der Waals surface area contributed by atoms with E-state index in [1.54, 1.807) is 12.1 Å². The average Bonchev–Trinajstić information content (AvgIpc) is 2.86. The smallest absolute Gasteiger partial charge is 0.269 e. The van der Waals surface area contributed by atoms with E-state index in [4.69, 9.17) is 0 Å². The molecule has 27 heavy (non-hydrogen) atoms. The van der Waals surface area contributed by atoms with Gasteiger partial charge in [-0.3, -0.25) is 19.6 Å². The Kier molecular flexibility index (Phi) is 6.92. The van der Waals surface area contributed by atoms with Gasteiger partial charge in [-0.2, -0.15) is 5.10 Å². The topological polar surface area (TPSA) is 102 Å². The van der Waals surface area contributed by atoms with Gasteiger partial charge in [0.2, 0.25) is 5.91 Å². The second-order valence-corrected chi connectivity index (χ2v) is 6.98. The van der Waals surface area contributed by atoms with Crippen molar-refractivity contribution in [3.8, 4) is 0 Å². The highest BCUT2D eigenvalue weighted by molar-refractivity contribution is 5.79. The number of nitro benzene ring substituents is 1. The molecule has 0 fully saturated rings. The van der Waals surface area contributed by atoms with E-state index in [1.807, 2.05) is 18.5 Å². The van der Waals surface area contributed by atoms with Crippen LogP contribution >= 0.6 is 0 Å². The van der Waals surface area contributed by atoms with E-state index in [9.17, 15) is 14.9 Å². The number of hydrogen-bond donors (Lipinski definition) is 2. The Hall–Kier alpha value is -2.90. The molecule has 0 unspecified atom stereocenters. The molecule has 8 nitrogen and oxygen atoms in total. The number of nitrogens with zero attached hydrogens (tertiary/aromatic N) is 3. The lowest BCUT2D eigenvalue weighted by Crippen LogP contribution is -2.30. The van der Waals surface area contributed by atoms with Crippen molar-refractivity contribution >= 4 is 17.3 Å². The molecule has 0 radical (unpaired) electrons. The molecule has 1 heterocycles. The summed E-state index contributed by atoms with van der Waals surface area (Å²) in [5.41, 5.74) is 3.75. The number of non-ortho nitro benzene ring substituents is 1. The van der Waals surface area contributed by atoms with Gasteiger partial charge in [0, 0.05) is 48.7 Å². The minimum Gasteiger partial charge on any atom is -0.383 e. The lowest BCUT2D eigenvalue weighted by molar-refractivity contribution is -0.384. The summed E-state index contributed by atoms with van der Waals surface area (Å²) < 4.78 is 1.97. The van der Waals surface area contributed by atoms with Crippen LogP contribution in [0.15, 0.2) is 24.3 Å². The van der Waals surface area contributed by atoms with Gasteiger partial charge in [-0.05, 0) is 31.9 Å². The van der Waals surface area contributed by atoms with Gasteiger partial charge in [-0.25, -0.2) is 0 Å². The summed E-state index contributed by atoms with van der Waals surface area (Å²) in [4.78, 5) is 22.4. The Bertz CT molecular complexity index is 796. The average molecular weight is 373 g/mol. The van der Waals surface area contributed by atoms with Gasteiger partial charge in [0.15, 0.2) is 0 Å². The predicted molar refractivity (Wildman–Crippen MR) is 105 cm³/mol. The van der Waals surface area contributed by atoms with E-state index >= 15 is 0 Å². The number of carbonyl (C=O) groups excluding carboxylic acids is 1. The van der Waals surface area contributed by atoms with Crippen LogP contribution in [0.5, 0.6) is 0 Å². The summed E-state index contributed by atoms with van der Waals surface area (Å²) in [6.07, 6.45) is 0.313. The Balaban J connectivity index is 1.79. The molecule has 1 amide bonds. The molecule has 0 bridgehead atoms. The van der Waals surface area contributed by atoms with Crippen molar-refractivity contribution in [3.05, 3.63) is 51.3 Å². The molecule has 1 aromatic heterocycles. The molecule has 0 atom stereocenters. The van der Waals surface area contributed by atoms with Gasteiger partial charge in [-0.1, -0.05) is 13.8 Å². The predicted octanol–water partition coefficient (Wildman–Crippen LogP) is 2.83. The zero-order chi connectivity index (χ0) is 20.0. The number of nitro groups is 1. The van der Waals surface area contributed by atoms with Gasteiger partial charge >= 0.3 is 0 Å². The number of benzene rings is 1. The van der Waals surface area contributed by atoms with E-state index in [2.05, 4.69) is 29.6 Å². The summed E-state index contributed by atoms with van der Waals surface area (Å²) in [6.45, 7) is 10.1. The third kappa shape index (κ3) is 5.80. The molecule has 0 spiro atoms. The van der Waals surface area contributed by atoms with Crippen molar-refractivity contribution in [1.29, 1.82) is 0 Å². The first-order chi connectivity index (χ1) is 12.8. The number of nitrogens with one attached hydrogen (secondary N) is 2. The van der Waals surface area contributed by atoms with Gasteiger partial charge in [-0.15, -0.1) is 0 Å². The summed E-state index contributed by atoms with van der Waals surface area (Å²) in [7, 11) is 0. The maximum absolute atomic E-state index is 12.2. The zero-order valence-electron chi connectivity index (χ0n) is 16.3. The molecular weight excluding hydrogens is 346 g/mol. The highest BCUT2D eigenvalue weighted by Crippen LogP contribution is 2.16. The first-order valence-electron chi connectivity index (χ1n) is 9.05. The van der Waals surface area contributed by atoms with E-state index in [0.29, 0.717) is 25.4 Å². The molecule has 0 aliphatic heterocycles. The van der Waals surface area contributed by atoms with Crippen molar-refractivity contribution in [2.24, 2.45) is 5.92 Å². The van der Waals surface area contributed by atoms with Crippen LogP contribution < -0.4 is 10.6 Å². The molecular formula is C19H27N5O3. The molecule has 1 aromatic carbocycles. The van der Waals surface area contributed by atoms with Crippen molar-refractivity contribution in [2.45, 2.75) is 40.7 Å². The number of carbonyl (C=O) groups is 1. The second-order valence-electron chi connectivity index (χ2n) is 6.98. The van der Waals surface area contributed by atoms with Crippen molar-refractivity contribution in [2.75, 3.05) is 18.4 Å². The van der Waals surface area contributed by atoms with Crippen LogP contribution in [0.2, 0.25) is 0 Å². The van der Waals surface area contributed by atoms with E-state index in [0.717, 1.165) is 29.2 Å². The number of hydrogen-bond acceptors (Lipinski definition) is 5. The third-order valence-electron chi connectivity index (χ3n) is 4.26. The normalized spacial score (nSPS) is 10.9. The Morgan fingerprint density at radius 2 is 1.89 bits per heavy atom. The molecule has 0 aliphatic rings. The van der Waals surface area contributed by atoms with Gasteiger partial charge < -0.3 is 10.6 Å². The van der Waals surface area contributed by atoms with E-state index in [-0.39, 0.29) is 11.6 Å². The lowest BCUT2D eigenvalue weighted by atomic mass is 10.1. The lowest BCUT2D eigenvalue weighted by Gasteiger charge is -2.09. The number of aryl methyl sites for hydroxylation is 1. The fraction of sp³-hybridized carbons (Fsp3) is 0.474. The van der Waals surface area contributed by atoms with Crippen LogP contribution in [0.3, 0.4) is 0 Å². The van der Waals surface area contributed by atoms with Crippen LogP contribution in [-0.4, -0.2) is 33.7 Å². The monoisotopic (exact) mass is 373 g/mol. The minimum atomic E-state index is -0.433. The first-order valence-corrected chi connectivity index (χ1v) is 9.05. The summed E-state index contributed by atoms with van der Waals surface area (Å²) in [5, 5.41) is 21.2. The molecule has 0 saturated carbocycles. The number of aromatic nitrogens is 2. The van der Waals surface area contributed by atoms with Crippen molar-refractivity contribution in [3.63, 3.8) is 0 Å². The van der Waals surface area contributed by atoms with E-state index in [1.165, 1.54) is 12.1 Å². The van der Waals surface area contributed by atoms with Crippen LogP contribution in [0.4, 0.5) is 11.4 Å². The Morgan fingerprint density at radius 1 is 1.22 bits per heavy atom. The molecule has 8 heteroatoms. The standard InChI is InChI=1S/C19H27N5O3/c1-13(2)12-23-15(4)18(14(3)22-23)11-19(25)21-10-9-20-16-5-7-17(8-6-16)24(26)27/h5-8,13,20H,9-12H2,1-4H3,(H,21,25). The largest absolute Gasteiger partial charge is 0.383 e. The fourth-order valence-corrected chi connectivity index (χ4v) is 2.85. The first kappa shape index (κ1) is 20.4. The van der Waals surface area contributed by atoms with Crippen LogP contribution in [0, 0.1) is 29.9 Å². The highest BCUT2D eigenvalue weighted by atomic mass is 16.6. The zero-order valence-corrected chi connectivity index (χ0v) is 16.3. The molecule has 0 saturated heterocycles. The Morgan fingerprint density at radius 3 is 2.48 bits per heavy atom. The minimum absolute atomic E-state index is 0.0456. The summed E-state index contributed by atoms with van der Waals surface area (Å²) in [6, 6.07) is 6.19. The van der Waals surface area contributed by atoms with Crippen LogP contribution in [-0.2, 0) is 17.8 Å². The molecule has 2 rings (SSSR count). The number of rotatable bonds is 9. The molecule has 2 N–H and O–H groups in total. The second kappa shape index (κ2) is 9.16. The number of anilines is 1. The maximum atomic E-state index is 12.2. The van der Waals surface area contributed by atoms with E-state index < -0.39 is 4.92 Å². The summed E-state index contributed by atoms with van der Waals surface area (Å²) in [5.74, 6) is 0.450. The molecule has 2 aromatic rings. The Labute approximate surface area is 159 Å². The van der Waals surface area contributed by atoms with Crippen LogP contribution in [0.25, 0.3) is 0 Å². The number of amides is 1.